The van der Waals surface area contributed by atoms with Gasteiger partial charge in [0.15, 0.2) is 0 Å². The van der Waals surface area contributed by atoms with E-state index in [0.717, 1.165) is 44.5 Å². The van der Waals surface area contributed by atoms with Crippen LogP contribution in [0.4, 0.5) is 0 Å². The van der Waals surface area contributed by atoms with Crippen molar-refractivity contribution in [1.29, 1.82) is 0 Å². The van der Waals surface area contributed by atoms with E-state index < -0.39 is 0 Å². The fraction of sp³-hybridized carbons (Fsp3) is 0.588. The van der Waals surface area contributed by atoms with E-state index in [2.05, 4.69) is 29.3 Å². The summed E-state index contributed by atoms with van der Waals surface area (Å²) in [6, 6.07) is 6.77. The highest BCUT2D eigenvalue weighted by Gasteiger charge is 2.32. The third kappa shape index (κ3) is 2.88. The smallest absolute Gasteiger partial charge is 0.254 e. The Kier molecular flexibility index (Phi) is 4.06. The average Bonchev–Trinajstić information content (AvgIpc) is 3.32. The Morgan fingerprint density at radius 1 is 1.35 bits per heavy atom. The third-order valence-electron chi connectivity index (χ3n) is 4.34. The highest BCUT2D eigenvalue weighted by molar-refractivity contribution is 5.95. The Bertz CT molecular complexity index is 494. The van der Waals surface area contributed by atoms with Gasteiger partial charge in [-0.05, 0) is 55.5 Å². The monoisotopic (exact) mass is 272 g/mol. The molecule has 0 radical (unpaired) electrons. The van der Waals surface area contributed by atoms with E-state index in [-0.39, 0.29) is 5.91 Å². The average molecular weight is 272 g/mol. The first-order valence-electron chi connectivity index (χ1n) is 7.93. The molecule has 0 atom stereocenters. The van der Waals surface area contributed by atoms with Crippen molar-refractivity contribution in [2.45, 2.75) is 51.6 Å². The topological polar surface area (TPSA) is 32.3 Å². The van der Waals surface area contributed by atoms with Crippen LogP contribution in [0, 0.1) is 0 Å². The lowest BCUT2D eigenvalue weighted by Gasteiger charge is -2.24. The van der Waals surface area contributed by atoms with E-state index in [9.17, 15) is 4.79 Å². The van der Waals surface area contributed by atoms with Crippen molar-refractivity contribution in [2.75, 3.05) is 13.1 Å². The minimum Gasteiger partial charge on any atom is -0.336 e. The van der Waals surface area contributed by atoms with Crippen LogP contribution in [-0.2, 0) is 13.0 Å². The molecular formula is C17H24N2O. The molecule has 1 aliphatic heterocycles. The molecule has 0 spiro atoms. The van der Waals surface area contributed by atoms with E-state index in [1.54, 1.807) is 0 Å². The van der Waals surface area contributed by atoms with Crippen LogP contribution in [0.1, 0.15) is 54.1 Å². The second kappa shape index (κ2) is 5.96. The maximum atomic E-state index is 12.7. The van der Waals surface area contributed by atoms with Crippen molar-refractivity contribution in [1.82, 2.24) is 10.2 Å². The van der Waals surface area contributed by atoms with Crippen LogP contribution < -0.4 is 5.32 Å². The zero-order valence-corrected chi connectivity index (χ0v) is 12.3. The predicted octanol–water partition coefficient (Wildman–Crippen LogP) is 2.74. The molecule has 0 unspecified atom stereocenters. The van der Waals surface area contributed by atoms with Gasteiger partial charge in [-0.2, -0.15) is 0 Å². The van der Waals surface area contributed by atoms with Gasteiger partial charge in [0.25, 0.3) is 5.91 Å². The van der Waals surface area contributed by atoms with Crippen LogP contribution >= 0.6 is 0 Å². The van der Waals surface area contributed by atoms with Gasteiger partial charge in [0.2, 0.25) is 0 Å². The summed E-state index contributed by atoms with van der Waals surface area (Å²) in [5, 5.41) is 3.38. The van der Waals surface area contributed by atoms with E-state index >= 15 is 0 Å². The summed E-state index contributed by atoms with van der Waals surface area (Å²) in [6.07, 6.45) is 5.69. The Morgan fingerprint density at radius 3 is 2.95 bits per heavy atom. The first-order chi connectivity index (χ1) is 9.79. The number of carbonyl (C=O) groups is 1. The molecule has 1 heterocycles. The lowest BCUT2D eigenvalue weighted by molar-refractivity contribution is 0.0740. The van der Waals surface area contributed by atoms with Crippen molar-refractivity contribution in [3.63, 3.8) is 0 Å². The summed E-state index contributed by atoms with van der Waals surface area (Å²) in [4.78, 5) is 14.8. The quantitative estimate of drug-likeness (QED) is 0.894. The summed E-state index contributed by atoms with van der Waals surface area (Å²) in [6.45, 7) is 5.04. The normalized spacial score (nSPS) is 17.6. The van der Waals surface area contributed by atoms with E-state index in [1.165, 1.54) is 24.0 Å². The molecule has 3 nitrogen and oxygen atoms in total. The number of carbonyl (C=O) groups excluding carboxylic acids is 1. The van der Waals surface area contributed by atoms with Gasteiger partial charge in [0.1, 0.15) is 0 Å². The molecule has 1 amide bonds. The molecule has 1 aliphatic carbocycles. The van der Waals surface area contributed by atoms with Gasteiger partial charge >= 0.3 is 0 Å². The molecule has 1 saturated carbocycles. The minimum atomic E-state index is 0.231. The molecular weight excluding hydrogens is 248 g/mol. The van der Waals surface area contributed by atoms with E-state index in [0.29, 0.717) is 6.04 Å². The lowest BCUT2D eigenvalue weighted by atomic mass is 9.98. The number of rotatable bonds is 5. The lowest BCUT2D eigenvalue weighted by Crippen LogP contribution is -2.34. The van der Waals surface area contributed by atoms with Gasteiger partial charge in [-0.15, -0.1) is 0 Å². The molecule has 0 aromatic heterocycles. The second-order valence-corrected chi connectivity index (χ2v) is 5.99. The second-order valence-electron chi connectivity index (χ2n) is 5.99. The van der Waals surface area contributed by atoms with E-state index in [1.807, 2.05) is 6.07 Å². The zero-order valence-electron chi connectivity index (χ0n) is 12.3. The van der Waals surface area contributed by atoms with Crippen LogP contribution in [0.3, 0.4) is 0 Å². The summed E-state index contributed by atoms with van der Waals surface area (Å²) in [7, 11) is 0. The molecule has 20 heavy (non-hydrogen) atoms. The number of nitrogens with one attached hydrogen (secondary N) is 1. The molecule has 108 valence electrons. The van der Waals surface area contributed by atoms with Crippen LogP contribution in [0.2, 0.25) is 0 Å². The van der Waals surface area contributed by atoms with Crippen LogP contribution in [0.25, 0.3) is 0 Å². The van der Waals surface area contributed by atoms with Crippen molar-refractivity contribution < 1.29 is 4.79 Å². The Hall–Kier alpha value is -1.35. The maximum absolute atomic E-state index is 12.7. The summed E-state index contributed by atoms with van der Waals surface area (Å²) >= 11 is 0. The van der Waals surface area contributed by atoms with Crippen molar-refractivity contribution in [2.24, 2.45) is 0 Å². The Labute approximate surface area is 121 Å². The van der Waals surface area contributed by atoms with Crippen molar-refractivity contribution >= 4 is 5.91 Å². The fourth-order valence-corrected chi connectivity index (χ4v) is 2.94. The number of hydrogen-bond acceptors (Lipinski definition) is 2. The number of unbranched alkanes of at least 4 members (excludes halogenated alkanes) is 1. The molecule has 1 N–H and O–H groups in total. The molecule has 1 fully saturated rings. The number of nitrogens with zero attached hydrogens (tertiary/aromatic N) is 1. The van der Waals surface area contributed by atoms with Gasteiger partial charge < -0.3 is 10.2 Å². The Balaban J connectivity index is 1.78. The van der Waals surface area contributed by atoms with Gasteiger partial charge in [0.05, 0.1) is 0 Å². The standard InChI is InChI=1S/C17H24N2O/c1-2-3-10-19(16-6-7-16)17(20)14-5-4-13-8-9-18-12-15(13)11-14/h4-5,11,16,18H,2-3,6-10,12H2,1H3. The molecule has 0 bridgehead atoms. The van der Waals surface area contributed by atoms with E-state index in [4.69, 9.17) is 0 Å². The number of fused-ring (bicyclic) bond motifs is 1. The predicted molar refractivity (Wildman–Crippen MR) is 80.8 cm³/mol. The summed E-state index contributed by atoms with van der Waals surface area (Å²) in [5.41, 5.74) is 3.57. The minimum absolute atomic E-state index is 0.231. The molecule has 3 heteroatoms. The highest BCUT2D eigenvalue weighted by atomic mass is 16.2. The molecule has 0 saturated heterocycles. The number of benzene rings is 1. The van der Waals surface area contributed by atoms with Crippen LogP contribution in [0.15, 0.2) is 18.2 Å². The molecule has 3 rings (SSSR count). The van der Waals surface area contributed by atoms with Gasteiger partial charge in [0, 0.05) is 24.7 Å². The van der Waals surface area contributed by atoms with Gasteiger partial charge in [-0.25, -0.2) is 0 Å². The van der Waals surface area contributed by atoms with Crippen molar-refractivity contribution in [3.8, 4) is 0 Å². The first-order valence-corrected chi connectivity index (χ1v) is 7.93. The largest absolute Gasteiger partial charge is 0.336 e. The van der Waals surface area contributed by atoms with Crippen LogP contribution in [0.5, 0.6) is 0 Å². The first kappa shape index (κ1) is 13.6. The highest BCUT2D eigenvalue weighted by Crippen LogP contribution is 2.29. The SMILES string of the molecule is CCCCN(C(=O)c1ccc2c(c1)CNCC2)C1CC1. The van der Waals surface area contributed by atoms with Gasteiger partial charge in [-0.1, -0.05) is 19.4 Å². The number of hydrogen-bond donors (Lipinski definition) is 1. The number of amides is 1. The zero-order chi connectivity index (χ0) is 13.9. The van der Waals surface area contributed by atoms with Crippen molar-refractivity contribution in [3.05, 3.63) is 34.9 Å². The van der Waals surface area contributed by atoms with Gasteiger partial charge in [-0.3, -0.25) is 4.79 Å². The summed E-state index contributed by atoms with van der Waals surface area (Å²) < 4.78 is 0. The molecule has 2 aliphatic rings. The molecule has 1 aromatic carbocycles. The third-order valence-corrected chi connectivity index (χ3v) is 4.34. The van der Waals surface area contributed by atoms with Crippen LogP contribution in [-0.4, -0.2) is 29.9 Å². The summed E-state index contributed by atoms with van der Waals surface area (Å²) in [5.74, 6) is 0.231. The maximum Gasteiger partial charge on any atom is 0.254 e. The molecule has 1 aromatic rings. The Morgan fingerprint density at radius 2 is 2.20 bits per heavy atom. The fourth-order valence-electron chi connectivity index (χ4n) is 2.94.